The molecule has 3 spiro atoms. The van der Waals surface area contributed by atoms with Crippen molar-refractivity contribution in [2.24, 2.45) is 28.6 Å². The maximum Gasteiger partial charge on any atom is 0.307 e. The van der Waals surface area contributed by atoms with E-state index in [0.717, 1.165) is 13.8 Å². The summed E-state index contributed by atoms with van der Waals surface area (Å²) in [5.74, 6) is -12.0. The largest absolute Gasteiger partial charge is 0.472 e. The summed E-state index contributed by atoms with van der Waals surface area (Å²) in [6.07, 6.45) is -4.26. The SMILES string of the molecule is CC(=O)O[C@@H]1[C@@]2(C)[C@@H](c3ccoc3)OC(=O)C[C@H]2[C@]23O[C@@]4(C)O[C@@]2([C@@]25OC(=O)C[C@H]2C2(C)C[C@@]5(O4)[C@H]([C@H]3O)[C@@H]2O)[C@]1(O)OC(C)=O. The molecule has 1 unspecified atom stereocenters. The van der Waals surface area contributed by atoms with Crippen LogP contribution in [0.15, 0.2) is 23.0 Å². The zero-order chi connectivity index (χ0) is 32.8. The Bertz CT molecular complexity index is 1640. The maximum absolute atomic E-state index is 13.6. The van der Waals surface area contributed by atoms with E-state index in [1.54, 1.807) is 13.8 Å². The molecule has 3 N–H and O–H groups in total. The van der Waals surface area contributed by atoms with E-state index in [-0.39, 0.29) is 12.8 Å². The lowest BCUT2D eigenvalue weighted by molar-refractivity contribution is -0.516. The van der Waals surface area contributed by atoms with Gasteiger partial charge in [0.2, 0.25) is 5.60 Å². The number of carbonyl (C=O) groups is 4. The minimum atomic E-state index is -3.09. The lowest BCUT2D eigenvalue weighted by Gasteiger charge is -2.76. The molecule has 4 aliphatic carbocycles. The second kappa shape index (κ2) is 7.79. The van der Waals surface area contributed by atoms with Crippen molar-refractivity contribution in [2.45, 2.75) is 112 Å². The molecule has 15 atom stereocenters. The number of fused-ring (bicyclic) bond motifs is 4. The van der Waals surface area contributed by atoms with Crippen LogP contribution in [0.4, 0.5) is 0 Å². The Morgan fingerprint density at radius 3 is 2.33 bits per heavy atom. The molecule has 0 aromatic carbocycles. The molecule has 0 amide bonds. The lowest BCUT2D eigenvalue weighted by atomic mass is 9.35. The lowest BCUT2D eigenvalue weighted by Crippen LogP contribution is -2.99. The average Bonchev–Trinajstić information content (AvgIpc) is 3.71. The molecule has 46 heavy (non-hydrogen) atoms. The highest BCUT2D eigenvalue weighted by Crippen LogP contribution is 2.88. The Kier molecular flexibility index (Phi) is 4.93. The number of cyclic esters (lactones) is 1. The van der Waals surface area contributed by atoms with Gasteiger partial charge in [-0.3, -0.25) is 19.2 Å². The molecular formula is C31H34O15. The molecule has 1 aromatic heterocycles. The predicted octanol–water partition coefficient (Wildman–Crippen LogP) is 0.131. The van der Waals surface area contributed by atoms with Gasteiger partial charge in [0.1, 0.15) is 17.3 Å². The fraction of sp³-hybridized carbons (Fsp3) is 0.742. The number of aliphatic hydroxyl groups excluding tert-OH is 2. The molecule has 8 fully saturated rings. The van der Waals surface area contributed by atoms with E-state index in [4.69, 9.17) is 37.6 Å². The Hall–Kier alpha value is -3.08. The van der Waals surface area contributed by atoms with Gasteiger partial charge in [-0.25, -0.2) is 0 Å². The van der Waals surface area contributed by atoms with Gasteiger partial charge in [0.15, 0.2) is 11.7 Å². The van der Waals surface area contributed by atoms with Crippen LogP contribution in [0.1, 0.15) is 65.5 Å². The fourth-order valence-electron chi connectivity index (χ4n) is 12.2. The number of carbonyl (C=O) groups excluding carboxylic acids is 4. The van der Waals surface area contributed by atoms with Crippen molar-refractivity contribution in [1.82, 2.24) is 0 Å². The van der Waals surface area contributed by atoms with E-state index in [9.17, 15) is 34.5 Å². The van der Waals surface area contributed by atoms with Crippen LogP contribution in [-0.2, 0) is 52.3 Å². The molecule has 4 saturated heterocycles. The van der Waals surface area contributed by atoms with Crippen LogP contribution in [0.5, 0.6) is 0 Å². The summed E-state index contributed by atoms with van der Waals surface area (Å²) >= 11 is 0. The normalized spacial score (nSPS) is 58.1. The molecule has 9 rings (SSSR count). The topological polar surface area (TPSA) is 207 Å². The smallest absolute Gasteiger partial charge is 0.307 e. The third kappa shape index (κ3) is 2.49. The molecule has 1 aromatic rings. The molecule has 4 aliphatic heterocycles. The van der Waals surface area contributed by atoms with Gasteiger partial charge in [0.05, 0.1) is 43.0 Å². The third-order valence-electron chi connectivity index (χ3n) is 13.0. The second-order valence-corrected chi connectivity index (χ2v) is 14.9. The Balaban J connectivity index is 1.45. The molecule has 0 radical (unpaired) electrons. The Labute approximate surface area is 261 Å². The summed E-state index contributed by atoms with van der Waals surface area (Å²) < 4.78 is 49.6. The first-order valence-corrected chi connectivity index (χ1v) is 15.4. The molecule has 15 heteroatoms. The van der Waals surface area contributed by atoms with Crippen molar-refractivity contribution in [3.05, 3.63) is 24.2 Å². The van der Waals surface area contributed by atoms with E-state index in [0.29, 0.717) is 5.56 Å². The molecule has 15 nitrogen and oxygen atoms in total. The zero-order valence-electron chi connectivity index (χ0n) is 25.6. The highest BCUT2D eigenvalue weighted by Gasteiger charge is 3.08. The molecule has 4 saturated carbocycles. The van der Waals surface area contributed by atoms with E-state index in [1.807, 2.05) is 0 Å². The van der Waals surface area contributed by atoms with Gasteiger partial charge in [-0.2, -0.15) is 0 Å². The van der Waals surface area contributed by atoms with Gasteiger partial charge in [-0.05, 0) is 12.5 Å². The summed E-state index contributed by atoms with van der Waals surface area (Å²) in [5, 5.41) is 38.3. The van der Waals surface area contributed by atoms with Gasteiger partial charge >= 0.3 is 23.9 Å². The summed E-state index contributed by atoms with van der Waals surface area (Å²) in [7, 11) is 0. The second-order valence-electron chi connectivity index (χ2n) is 14.9. The zero-order valence-corrected chi connectivity index (χ0v) is 25.6. The van der Waals surface area contributed by atoms with Crippen molar-refractivity contribution < 1.29 is 72.1 Å². The molecular weight excluding hydrogens is 612 g/mol. The monoisotopic (exact) mass is 646 g/mol. The van der Waals surface area contributed by atoms with Crippen LogP contribution >= 0.6 is 0 Å². The van der Waals surface area contributed by atoms with E-state index in [1.165, 1.54) is 25.5 Å². The summed E-state index contributed by atoms with van der Waals surface area (Å²) in [5.41, 5.74) is -11.3. The van der Waals surface area contributed by atoms with Crippen LogP contribution in [0, 0.1) is 28.6 Å². The number of esters is 4. The Morgan fingerprint density at radius 2 is 1.67 bits per heavy atom. The van der Waals surface area contributed by atoms with Crippen molar-refractivity contribution in [1.29, 1.82) is 0 Å². The molecule has 5 heterocycles. The van der Waals surface area contributed by atoms with Crippen LogP contribution in [0.25, 0.3) is 0 Å². The highest BCUT2D eigenvalue weighted by molar-refractivity contribution is 5.78. The number of rotatable bonds is 3. The van der Waals surface area contributed by atoms with Crippen molar-refractivity contribution in [3.63, 3.8) is 0 Å². The molecule has 248 valence electrons. The first kappa shape index (κ1) is 29.1. The number of aliphatic hydroxyl groups is 3. The minimum absolute atomic E-state index is 0.0526. The minimum Gasteiger partial charge on any atom is -0.472 e. The van der Waals surface area contributed by atoms with Gasteiger partial charge in [-0.15, -0.1) is 0 Å². The van der Waals surface area contributed by atoms with Crippen LogP contribution < -0.4 is 0 Å². The highest BCUT2D eigenvalue weighted by atomic mass is 16.9. The first-order valence-electron chi connectivity index (χ1n) is 15.4. The van der Waals surface area contributed by atoms with Crippen molar-refractivity contribution in [2.75, 3.05) is 0 Å². The Morgan fingerprint density at radius 1 is 0.957 bits per heavy atom. The van der Waals surface area contributed by atoms with Gasteiger partial charge in [0.25, 0.3) is 11.8 Å². The van der Waals surface area contributed by atoms with Crippen LogP contribution in [0.3, 0.4) is 0 Å². The fourth-order valence-corrected chi connectivity index (χ4v) is 12.2. The van der Waals surface area contributed by atoms with Crippen molar-refractivity contribution >= 4 is 23.9 Å². The quantitative estimate of drug-likeness (QED) is 0.227. The molecule has 4 bridgehead atoms. The number of furan rings is 1. The number of ether oxygens (including phenoxy) is 7. The maximum atomic E-state index is 13.6. The van der Waals surface area contributed by atoms with Gasteiger partial charge in [0, 0.05) is 49.5 Å². The third-order valence-corrected chi connectivity index (χ3v) is 13.0. The summed E-state index contributed by atoms with van der Waals surface area (Å²) in [6, 6.07) is 1.52. The van der Waals surface area contributed by atoms with Crippen LogP contribution in [0.2, 0.25) is 0 Å². The first-order chi connectivity index (χ1) is 21.4. The standard InChI is InChI=1S/C31H34O15/c1-12(32)40-23-25(4)16(9-17(34)41-22(25)14-6-7-39-10-14)28-21(37)19-20(36)24(3)11-27(19)29(15(24)8-18(35)43-29)31(28,30(23,38)42-13(2)33)46-26(5,44-27)45-28/h6-7,10,15-16,19-23,36-38H,8-9,11H2,1-5H3/t15-,16+,19-,20-,21+,22+,23+,24?,25+,26-,27+,28+,29+,30+,31-/m0/s1. The van der Waals surface area contributed by atoms with Crippen molar-refractivity contribution in [3.8, 4) is 0 Å². The van der Waals surface area contributed by atoms with E-state index < -0.39 is 117 Å². The van der Waals surface area contributed by atoms with Gasteiger partial charge < -0.3 is 52.9 Å². The van der Waals surface area contributed by atoms with Crippen LogP contribution in [-0.4, -0.2) is 91.7 Å². The van der Waals surface area contributed by atoms with E-state index in [2.05, 4.69) is 0 Å². The summed E-state index contributed by atoms with van der Waals surface area (Å²) in [4.78, 5) is 53.3. The average molecular weight is 647 g/mol. The molecule has 8 aliphatic rings. The predicted molar refractivity (Wildman–Crippen MR) is 141 cm³/mol. The van der Waals surface area contributed by atoms with E-state index >= 15 is 0 Å². The van der Waals surface area contributed by atoms with Gasteiger partial charge in [-0.1, -0.05) is 13.8 Å². The number of hydrogen-bond acceptors (Lipinski definition) is 15. The summed E-state index contributed by atoms with van der Waals surface area (Å²) in [6.45, 7) is 6.83. The number of hydrogen-bond donors (Lipinski definition) is 3.